The number of unbranched alkanes of at least 4 members (excludes halogenated alkanes) is 2. The van der Waals surface area contributed by atoms with Crippen LogP contribution in [0.3, 0.4) is 0 Å². The standard InChI is InChI=1S/C7H12O2.C5H11Cl/c8-7(9)6-4-2-1-3-5-6;1-2-3-4-5-6/h6H,1-5H2,(H,8,9);2-5H2,1H3. The fourth-order valence-corrected chi connectivity index (χ4v) is 1.88. The molecule has 0 aliphatic heterocycles. The molecule has 1 aliphatic carbocycles. The molecule has 1 saturated carbocycles. The average Bonchev–Trinajstić information content (AvgIpc) is 2.28. The van der Waals surface area contributed by atoms with Gasteiger partial charge in [0.1, 0.15) is 0 Å². The van der Waals surface area contributed by atoms with E-state index in [4.69, 9.17) is 16.7 Å². The third-order valence-corrected chi connectivity index (χ3v) is 2.96. The number of alkyl halides is 1. The van der Waals surface area contributed by atoms with Gasteiger partial charge in [0.15, 0.2) is 0 Å². The molecule has 0 aromatic heterocycles. The predicted octanol–water partition coefficient (Wildman–Crippen LogP) is 4.07. The number of rotatable bonds is 4. The van der Waals surface area contributed by atoms with Crippen molar-refractivity contribution in [3.05, 3.63) is 0 Å². The zero-order valence-electron chi connectivity index (χ0n) is 9.67. The summed E-state index contributed by atoms with van der Waals surface area (Å²) in [4.78, 5) is 10.4. The first-order chi connectivity index (χ1) is 7.22. The average molecular weight is 235 g/mol. The molecule has 0 radical (unpaired) electrons. The summed E-state index contributed by atoms with van der Waals surface area (Å²) in [6, 6.07) is 0. The molecule has 0 atom stereocenters. The fraction of sp³-hybridized carbons (Fsp3) is 0.917. The van der Waals surface area contributed by atoms with Crippen molar-refractivity contribution in [1.82, 2.24) is 0 Å². The van der Waals surface area contributed by atoms with E-state index in [9.17, 15) is 4.79 Å². The Morgan fingerprint density at radius 1 is 1.27 bits per heavy atom. The van der Waals surface area contributed by atoms with Crippen LogP contribution in [-0.2, 0) is 4.79 Å². The third-order valence-electron chi connectivity index (χ3n) is 2.69. The number of carboxylic acid groups (broad SMARTS) is 1. The smallest absolute Gasteiger partial charge is 0.306 e. The summed E-state index contributed by atoms with van der Waals surface area (Å²) in [6.07, 6.45) is 8.97. The lowest BCUT2D eigenvalue weighted by molar-refractivity contribution is -0.142. The first kappa shape index (κ1) is 14.8. The number of carbonyl (C=O) groups is 1. The maximum Gasteiger partial charge on any atom is 0.306 e. The highest BCUT2D eigenvalue weighted by atomic mass is 35.5. The summed E-state index contributed by atoms with van der Waals surface area (Å²) in [5.41, 5.74) is 0. The highest BCUT2D eigenvalue weighted by Crippen LogP contribution is 2.23. The van der Waals surface area contributed by atoms with E-state index in [1.54, 1.807) is 0 Å². The molecular formula is C12H23ClO2. The minimum absolute atomic E-state index is 0.0289. The van der Waals surface area contributed by atoms with Crippen molar-refractivity contribution in [2.24, 2.45) is 5.92 Å². The lowest BCUT2D eigenvalue weighted by Crippen LogP contribution is -2.16. The van der Waals surface area contributed by atoms with Gasteiger partial charge in [-0.05, 0) is 19.3 Å². The Balaban J connectivity index is 0.000000288. The second-order valence-electron chi connectivity index (χ2n) is 4.07. The van der Waals surface area contributed by atoms with Crippen LogP contribution in [0.15, 0.2) is 0 Å². The fourth-order valence-electron chi connectivity index (χ4n) is 1.69. The molecule has 90 valence electrons. The van der Waals surface area contributed by atoms with Gasteiger partial charge in [0, 0.05) is 5.88 Å². The molecule has 1 N–H and O–H groups in total. The van der Waals surface area contributed by atoms with Gasteiger partial charge < -0.3 is 5.11 Å². The zero-order valence-corrected chi connectivity index (χ0v) is 10.4. The van der Waals surface area contributed by atoms with E-state index in [1.165, 1.54) is 25.7 Å². The Kier molecular flexibility index (Phi) is 10.1. The largest absolute Gasteiger partial charge is 0.481 e. The van der Waals surface area contributed by atoms with Crippen molar-refractivity contribution < 1.29 is 9.90 Å². The molecule has 3 heteroatoms. The summed E-state index contributed by atoms with van der Waals surface area (Å²) < 4.78 is 0. The zero-order chi connectivity index (χ0) is 11.5. The van der Waals surface area contributed by atoms with E-state index in [1.807, 2.05) is 0 Å². The van der Waals surface area contributed by atoms with Gasteiger partial charge in [-0.2, -0.15) is 0 Å². The molecule has 2 nitrogen and oxygen atoms in total. The molecule has 1 aliphatic rings. The Labute approximate surface area is 98.0 Å². The van der Waals surface area contributed by atoms with Crippen LogP contribution in [0.5, 0.6) is 0 Å². The first-order valence-corrected chi connectivity index (χ1v) is 6.54. The van der Waals surface area contributed by atoms with Crippen molar-refractivity contribution >= 4 is 17.6 Å². The Bertz CT molecular complexity index is 150. The molecule has 0 aromatic carbocycles. The second kappa shape index (κ2) is 10.3. The van der Waals surface area contributed by atoms with Crippen LogP contribution in [0.4, 0.5) is 0 Å². The van der Waals surface area contributed by atoms with Gasteiger partial charge in [-0.15, -0.1) is 11.6 Å². The Morgan fingerprint density at radius 2 is 1.87 bits per heavy atom. The van der Waals surface area contributed by atoms with Crippen LogP contribution in [0.25, 0.3) is 0 Å². The summed E-state index contributed by atoms with van der Waals surface area (Å²) in [5, 5.41) is 8.54. The van der Waals surface area contributed by atoms with Gasteiger partial charge in [-0.25, -0.2) is 0 Å². The summed E-state index contributed by atoms with van der Waals surface area (Å²) >= 11 is 5.38. The quantitative estimate of drug-likeness (QED) is 0.588. The van der Waals surface area contributed by atoms with Gasteiger partial charge in [0.25, 0.3) is 0 Å². The summed E-state index contributed by atoms with van der Waals surface area (Å²) in [7, 11) is 0. The minimum atomic E-state index is -0.602. The highest BCUT2D eigenvalue weighted by Gasteiger charge is 2.19. The maximum atomic E-state index is 10.4. The molecular weight excluding hydrogens is 212 g/mol. The normalized spacial score (nSPS) is 16.7. The van der Waals surface area contributed by atoms with Crippen molar-refractivity contribution in [2.45, 2.75) is 58.3 Å². The lowest BCUT2D eigenvalue weighted by atomic mass is 9.90. The highest BCUT2D eigenvalue weighted by molar-refractivity contribution is 6.17. The lowest BCUT2D eigenvalue weighted by Gasteiger charge is -2.16. The molecule has 0 spiro atoms. The van der Waals surface area contributed by atoms with Gasteiger partial charge in [0.05, 0.1) is 5.92 Å². The molecule has 0 bridgehead atoms. The second-order valence-corrected chi connectivity index (χ2v) is 4.45. The SMILES string of the molecule is CCCCCCl.O=C(O)C1CCCCC1. The van der Waals surface area contributed by atoms with Gasteiger partial charge in [-0.1, -0.05) is 39.0 Å². The number of carboxylic acids is 1. The van der Waals surface area contributed by atoms with Crippen molar-refractivity contribution in [3.8, 4) is 0 Å². The molecule has 15 heavy (non-hydrogen) atoms. The molecule has 0 unspecified atom stereocenters. The molecule has 1 fully saturated rings. The van der Waals surface area contributed by atoms with Crippen LogP contribution < -0.4 is 0 Å². The van der Waals surface area contributed by atoms with Crippen molar-refractivity contribution in [3.63, 3.8) is 0 Å². The number of aliphatic carboxylic acids is 1. The van der Waals surface area contributed by atoms with Crippen LogP contribution in [-0.4, -0.2) is 17.0 Å². The third kappa shape index (κ3) is 8.73. The predicted molar refractivity (Wildman–Crippen MR) is 64.5 cm³/mol. The van der Waals surface area contributed by atoms with Crippen LogP contribution in [0.2, 0.25) is 0 Å². The molecule has 0 saturated heterocycles. The number of hydrogen-bond acceptors (Lipinski definition) is 1. The van der Waals surface area contributed by atoms with Gasteiger partial charge >= 0.3 is 5.97 Å². The van der Waals surface area contributed by atoms with Gasteiger partial charge in [-0.3, -0.25) is 4.79 Å². The van der Waals surface area contributed by atoms with Crippen molar-refractivity contribution in [1.29, 1.82) is 0 Å². The van der Waals surface area contributed by atoms with Gasteiger partial charge in [0.2, 0.25) is 0 Å². The van der Waals surface area contributed by atoms with Crippen LogP contribution >= 0.6 is 11.6 Å². The summed E-state index contributed by atoms with van der Waals surface area (Å²) in [5.74, 6) is 0.196. The number of hydrogen-bond donors (Lipinski definition) is 1. The van der Waals surface area contributed by atoms with E-state index in [-0.39, 0.29) is 5.92 Å². The van der Waals surface area contributed by atoms with E-state index in [0.717, 1.165) is 31.6 Å². The van der Waals surface area contributed by atoms with E-state index in [0.29, 0.717) is 0 Å². The minimum Gasteiger partial charge on any atom is -0.481 e. The van der Waals surface area contributed by atoms with E-state index in [2.05, 4.69) is 6.92 Å². The molecule has 0 heterocycles. The Hall–Kier alpha value is -0.240. The molecule has 0 aromatic rings. The van der Waals surface area contributed by atoms with Crippen LogP contribution in [0, 0.1) is 5.92 Å². The van der Waals surface area contributed by atoms with E-state index < -0.39 is 5.97 Å². The first-order valence-electron chi connectivity index (χ1n) is 6.01. The Morgan fingerprint density at radius 3 is 2.13 bits per heavy atom. The monoisotopic (exact) mass is 234 g/mol. The topological polar surface area (TPSA) is 37.3 Å². The van der Waals surface area contributed by atoms with Crippen LogP contribution in [0.1, 0.15) is 58.3 Å². The van der Waals surface area contributed by atoms with E-state index >= 15 is 0 Å². The van der Waals surface area contributed by atoms with Crippen molar-refractivity contribution in [2.75, 3.05) is 5.88 Å². The molecule has 0 amide bonds. The maximum absolute atomic E-state index is 10.4. The number of halogens is 1. The summed E-state index contributed by atoms with van der Waals surface area (Å²) in [6.45, 7) is 2.17. The molecule has 1 rings (SSSR count).